The van der Waals surface area contributed by atoms with Gasteiger partial charge in [0, 0.05) is 6.54 Å². The standard InChI is InChI=1S/C9H10N4O/c10-5-7-3-1-2-4-8(7)13-6-11-12-9(13)14/h1-4,6H,5,10H2,(H,12,14). The van der Waals surface area contributed by atoms with Crippen molar-refractivity contribution in [2.24, 2.45) is 5.73 Å². The molecule has 0 aliphatic carbocycles. The average Bonchev–Trinajstić information content (AvgIpc) is 2.64. The van der Waals surface area contributed by atoms with E-state index < -0.39 is 0 Å². The zero-order valence-electron chi connectivity index (χ0n) is 7.47. The molecule has 14 heavy (non-hydrogen) atoms. The monoisotopic (exact) mass is 190 g/mol. The van der Waals surface area contributed by atoms with Crippen molar-refractivity contribution in [2.75, 3.05) is 0 Å². The van der Waals surface area contributed by atoms with Gasteiger partial charge in [0.2, 0.25) is 0 Å². The summed E-state index contributed by atoms with van der Waals surface area (Å²) < 4.78 is 1.43. The van der Waals surface area contributed by atoms with E-state index in [-0.39, 0.29) is 5.69 Å². The first-order chi connectivity index (χ1) is 6.83. The number of nitrogens with one attached hydrogen (secondary N) is 1. The van der Waals surface area contributed by atoms with Gasteiger partial charge in [0.25, 0.3) is 0 Å². The van der Waals surface area contributed by atoms with Crippen LogP contribution in [0.5, 0.6) is 0 Å². The molecule has 0 fully saturated rings. The van der Waals surface area contributed by atoms with Crippen molar-refractivity contribution in [3.8, 4) is 5.69 Å². The van der Waals surface area contributed by atoms with Gasteiger partial charge >= 0.3 is 5.69 Å². The minimum absolute atomic E-state index is 0.258. The lowest BCUT2D eigenvalue weighted by atomic mass is 10.2. The zero-order valence-corrected chi connectivity index (χ0v) is 7.47. The molecule has 0 spiro atoms. The van der Waals surface area contributed by atoms with Gasteiger partial charge in [-0.3, -0.25) is 0 Å². The molecule has 0 atom stereocenters. The molecule has 0 radical (unpaired) electrons. The molecule has 72 valence electrons. The number of nitrogens with two attached hydrogens (primary N) is 1. The molecule has 1 aromatic carbocycles. The van der Waals surface area contributed by atoms with Crippen molar-refractivity contribution >= 4 is 0 Å². The Kier molecular flexibility index (Phi) is 2.16. The fourth-order valence-electron chi connectivity index (χ4n) is 1.34. The maximum Gasteiger partial charge on any atom is 0.347 e. The van der Waals surface area contributed by atoms with E-state index in [4.69, 9.17) is 5.73 Å². The van der Waals surface area contributed by atoms with Gasteiger partial charge in [0.15, 0.2) is 0 Å². The second kappa shape index (κ2) is 3.47. The molecule has 0 aliphatic heterocycles. The van der Waals surface area contributed by atoms with Crippen molar-refractivity contribution < 1.29 is 0 Å². The van der Waals surface area contributed by atoms with Gasteiger partial charge in [0.1, 0.15) is 6.33 Å². The number of rotatable bonds is 2. The number of H-pyrrole nitrogens is 1. The number of para-hydroxylation sites is 1. The normalized spacial score (nSPS) is 10.4. The van der Waals surface area contributed by atoms with Crippen LogP contribution in [0, 0.1) is 0 Å². The third-order valence-corrected chi connectivity index (χ3v) is 2.02. The summed E-state index contributed by atoms with van der Waals surface area (Å²) in [4.78, 5) is 11.3. The van der Waals surface area contributed by atoms with Crippen LogP contribution in [-0.2, 0) is 6.54 Å². The largest absolute Gasteiger partial charge is 0.347 e. The minimum Gasteiger partial charge on any atom is -0.326 e. The maximum atomic E-state index is 11.3. The lowest BCUT2D eigenvalue weighted by molar-refractivity contribution is 0.943. The summed E-state index contributed by atoms with van der Waals surface area (Å²) >= 11 is 0. The van der Waals surface area contributed by atoms with Gasteiger partial charge in [0.05, 0.1) is 5.69 Å². The molecule has 2 aromatic rings. The minimum atomic E-state index is -0.258. The number of hydrogen-bond donors (Lipinski definition) is 2. The van der Waals surface area contributed by atoms with Gasteiger partial charge in [-0.2, -0.15) is 5.10 Å². The Morgan fingerprint density at radius 2 is 2.21 bits per heavy atom. The first-order valence-corrected chi connectivity index (χ1v) is 4.23. The molecule has 0 saturated carbocycles. The predicted octanol–water partition coefficient (Wildman–Crippen LogP) is 0.0193. The van der Waals surface area contributed by atoms with Crippen LogP contribution in [0.2, 0.25) is 0 Å². The van der Waals surface area contributed by atoms with E-state index >= 15 is 0 Å². The second-order valence-electron chi connectivity index (χ2n) is 2.86. The average molecular weight is 190 g/mol. The molecule has 0 saturated heterocycles. The summed E-state index contributed by atoms with van der Waals surface area (Å²) in [6.07, 6.45) is 1.44. The Morgan fingerprint density at radius 3 is 2.86 bits per heavy atom. The van der Waals surface area contributed by atoms with Crippen LogP contribution in [0.15, 0.2) is 35.4 Å². The molecule has 2 rings (SSSR count). The van der Waals surface area contributed by atoms with Crippen molar-refractivity contribution in [3.63, 3.8) is 0 Å². The number of aromatic nitrogens is 3. The van der Waals surface area contributed by atoms with E-state index in [2.05, 4.69) is 10.2 Å². The number of hydrogen-bond acceptors (Lipinski definition) is 3. The number of benzene rings is 1. The molecule has 1 heterocycles. The van der Waals surface area contributed by atoms with Crippen LogP contribution < -0.4 is 11.4 Å². The molecular formula is C9H10N4O. The van der Waals surface area contributed by atoms with Crippen LogP contribution in [0.3, 0.4) is 0 Å². The summed E-state index contributed by atoms with van der Waals surface area (Å²) in [5.74, 6) is 0. The summed E-state index contributed by atoms with van der Waals surface area (Å²) in [5.41, 5.74) is 6.99. The number of aromatic amines is 1. The lowest BCUT2D eigenvalue weighted by Crippen LogP contribution is -2.16. The molecule has 1 aromatic heterocycles. The molecule has 0 aliphatic rings. The molecular weight excluding hydrogens is 180 g/mol. The van der Waals surface area contributed by atoms with E-state index in [1.54, 1.807) is 0 Å². The van der Waals surface area contributed by atoms with Crippen molar-refractivity contribution in [2.45, 2.75) is 6.54 Å². The second-order valence-corrected chi connectivity index (χ2v) is 2.86. The van der Waals surface area contributed by atoms with Crippen LogP contribution >= 0.6 is 0 Å². The van der Waals surface area contributed by atoms with E-state index in [0.717, 1.165) is 11.3 Å². The lowest BCUT2D eigenvalue weighted by Gasteiger charge is -2.05. The van der Waals surface area contributed by atoms with Gasteiger partial charge in [-0.15, -0.1) is 0 Å². The molecule has 5 heteroatoms. The Labute approximate surface area is 80.2 Å². The van der Waals surface area contributed by atoms with Crippen molar-refractivity contribution in [1.82, 2.24) is 14.8 Å². The maximum absolute atomic E-state index is 11.3. The van der Waals surface area contributed by atoms with Crippen LogP contribution in [0.25, 0.3) is 5.69 Å². The van der Waals surface area contributed by atoms with Gasteiger partial charge in [-0.25, -0.2) is 14.5 Å². The van der Waals surface area contributed by atoms with Crippen LogP contribution in [0.4, 0.5) is 0 Å². The fourth-order valence-corrected chi connectivity index (χ4v) is 1.34. The van der Waals surface area contributed by atoms with Crippen LogP contribution in [0.1, 0.15) is 5.56 Å². The van der Waals surface area contributed by atoms with Gasteiger partial charge in [-0.05, 0) is 11.6 Å². The molecule has 0 bridgehead atoms. The third-order valence-electron chi connectivity index (χ3n) is 2.02. The SMILES string of the molecule is NCc1ccccc1-n1cn[nH]c1=O. The summed E-state index contributed by atoms with van der Waals surface area (Å²) in [6, 6.07) is 7.46. The summed E-state index contributed by atoms with van der Waals surface area (Å²) in [5, 5.41) is 5.99. The molecule has 0 amide bonds. The Morgan fingerprint density at radius 1 is 1.43 bits per heavy atom. The summed E-state index contributed by atoms with van der Waals surface area (Å²) in [7, 11) is 0. The zero-order chi connectivity index (χ0) is 9.97. The molecule has 5 nitrogen and oxygen atoms in total. The highest BCUT2D eigenvalue weighted by molar-refractivity contribution is 5.40. The Bertz CT molecular complexity index is 485. The fraction of sp³-hybridized carbons (Fsp3) is 0.111. The smallest absolute Gasteiger partial charge is 0.326 e. The number of nitrogens with zero attached hydrogens (tertiary/aromatic N) is 2. The molecule has 0 unspecified atom stereocenters. The predicted molar refractivity (Wildman–Crippen MR) is 52.1 cm³/mol. The van der Waals surface area contributed by atoms with Gasteiger partial charge in [-0.1, -0.05) is 18.2 Å². The highest BCUT2D eigenvalue weighted by atomic mass is 16.1. The van der Waals surface area contributed by atoms with E-state index in [1.165, 1.54) is 10.9 Å². The van der Waals surface area contributed by atoms with Crippen molar-refractivity contribution in [3.05, 3.63) is 46.6 Å². The van der Waals surface area contributed by atoms with E-state index in [9.17, 15) is 4.79 Å². The van der Waals surface area contributed by atoms with Gasteiger partial charge < -0.3 is 5.73 Å². The Balaban J connectivity index is 2.62. The first-order valence-electron chi connectivity index (χ1n) is 4.23. The Hall–Kier alpha value is -1.88. The first kappa shape index (κ1) is 8.71. The third kappa shape index (κ3) is 1.33. The topological polar surface area (TPSA) is 76.7 Å². The molecule has 3 N–H and O–H groups in total. The highest BCUT2D eigenvalue weighted by Gasteiger charge is 2.04. The van der Waals surface area contributed by atoms with Crippen LogP contribution in [-0.4, -0.2) is 14.8 Å². The van der Waals surface area contributed by atoms with E-state index in [1.807, 2.05) is 24.3 Å². The quantitative estimate of drug-likeness (QED) is 0.700. The van der Waals surface area contributed by atoms with E-state index in [0.29, 0.717) is 6.54 Å². The summed E-state index contributed by atoms with van der Waals surface area (Å²) in [6.45, 7) is 0.397. The van der Waals surface area contributed by atoms with Crippen molar-refractivity contribution in [1.29, 1.82) is 0 Å². The highest BCUT2D eigenvalue weighted by Crippen LogP contribution is 2.10.